The number of methoxy groups -OCH3 is 1. The third kappa shape index (κ3) is 9.14. The molecule has 0 heterocycles. The SMILES string of the molecule is COC(=O)[C@H](Cc1ccc(NC(=O)c2cc(C(F)(F)F)ccc2Cl)cc1)NC(=S)C1(CCCCS(C)(=O)=O)CCC1. The number of rotatable bonds is 12. The molecule has 224 valence electrons. The minimum absolute atomic E-state index is 0.116. The number of hydrogen-bond acceptors (Lipinski definition) is 6. The van der Waals surface area contributed by atoms with Crippen molar-refractivity contribution in [2.75, 3.05) is 24.4 Å². The zero-order valence-corrected chi connectivity index (χ0v) is 25.0. The van der Waals surface area contributed by atoms with Crippen molar-refractivity contribution >= 4 is 56.2 Å². The van der Waals surface area contributed by atoms with Crippen molar-refractivity contribution in [1.29, 1.82) is 0 Å². The van der Waals surface area contributed by atoms with Crippen LogP contribution in [0.3, 0.4) is 0 Å². The molecule has 0 radical (unpaired) electrons. The number of unbranched alkanes of at least 4 members (excludes halogenated alkanes) is 1. The largest absolute Gasteiger partial charge is 0.467 e. The molecule has 2 aromatic carbocycles. The highest BCUT2D eigenvalue weighted by atomic mass is 35.5. The summed E-state index contributed by atoms with van der Waals surface area (Å²) >= 11 is 11.7. The van der Waals surface area contributed by atoms with Gasteiger partial charge in [-0.3, -0.25) is 4.79 Å². The van der Waals surface area contributed by atoms with E-state index in [4.69, 9.17) is 28.6 Å². The summed E-state index contributed by atoms with van der Waals surface area (Å²) in [7, 11) is -1.75. The van der Waals surface area contributed by atoms with Gasteiger partial charge in [-0.05, 0) is 61.6 Å². The van der Waals surface area contributed by atoms with Crippen LogP contribution in [0.15, 0.2) is 42.5 Å². The molecule has 2 aromatic rings. The fourth-order valence-corrected chi connectivity index (χ4v) is 6.08. The van der Waals surface area contributed by atoms with Crippen LogP contribution in [-0.2, 0) is 32.0 Å². The number of halogens is 4. The van der Waals surface area contributed by atoms with E-state index in [0.29, 0.717) is 29.6 Å². The lowest BCUT2D eigenvalue weighted by molar-refractivity contribution is -0.142. The molecular weight excluding hydrogens is 601 g/mol. The van der Waals surface area contributed by atoms with Gasteiger partial charge < -0.3 is 15.4 Å². The van der Waals surface area contributed by atoms with Gasteiger partial charge in [0.1, 0.15) is 15.9 Å². The molecule has 0 aromatic heterocycles. The Morgan fingerprint density at radius 3 is 2.32 bits per heavy atom. The predicted molar refractivity (Wildman–Crippen MR) is 156 cm³/mol. The second-order valence-electron chi connectivity index (χ2n) is 10.3. The Morgan fingerprint density at radius 1 is 1.12 bits per heavy atom. The monoisotopic (exact) mass is 632 g/mol. The van der Waals surface area contributed by atoms with E-state index in [0.717, 1.165) is 43.4 Å². The second kappa shape index (κ2) is 13.5. The topological polar surface area (TPSA) is 102 Å². The Labute approximate surface area is 248 Å². The van der Waals surface area contributed by atoms with Crippen molar-refractivity contribution in [3.05, 3.63) is 64.2 Å². The lowest BCUT2D eigenvalue weighted by atomic mass is 9.65. The van der Waals surface area contributed by atoms with Crippen molar-refractivity contribution in [3.63, 3.8) is 0 Å². The summed E-state index contributed by atoms with van der Waals surface area (Å²) in [5.41, 5.74) is -0.526. The number of ether oxygens (including phenoxy) is 1. The van der Waals surface area contributed by atoms with E-state index in [2.05, 4.69) is 10.6 Å². The molecule has 0 saturated heterocycles. The number of sulfone groups is 1. The van der Waals surface area contributed by atoms with Gasteiger partial charge in [-0.2, -0.15) is 13.2 Å². The van der Waals surface area contributed by atoms with Crippen LogP contribution in [0.1, 0.15) is 60.0 Å². The van der Waals surface area contributed by atoms with E-state index >= 15 is 0 Å². The Balaban J connectivity index is 1.65. The first-order chi connectivity index (χ1) is 19.1. The molecule has 41 heavy (non-hydrogen) atoms. The van der Waals surface area contributed by atoms with Gasteiger partial charge in [-0.15, -0.1) is 0 Å². The van der Waals surface area contributed by atoms with E-state index in [1.165, 1.54) is 13.4 Å². The molecule has 1 aliphatic carbocycles. The molecule has 2 N–H and O–H groups in total. The van der Waals surface area contributed by atoms with E-state index in [1.54, 1.807) is 24.3 Å². The Kier molecular flexibility index (Phi) is 10.8. The Morgan fingerprint density at radius 2 is 1.78 bits per heavy atom. The summed E-state index contributed by atoms with van der Waals surface area (Å²) in [5, 5.41) is 5.59. The van der Waals surface area contributed by atoms with Crippen LogP contribution in [0.4, 0.5) is 18.9 Å². The zero-order chi connectivity index (χ0) is 30.4. The number of alkyl halides is 3. The van der Waals surface area contributed by atoms with Crippen LogP contribution >= 0.6 is 23.8 Å². The van der Waals surface area contributed by atoms with Crippen molar-refractivity contribution in [2.45, 2.75) is 57.2 Å². The summed E-state index contributed by atoms with van der Waals surface area (Å²) in [4.78, 5) is 25.8. The van der Waals surface area contributed by atoms with Gasteiger partial charge in [-0.1, -0.05) is 48.8 Å². The van der Waals surface area contributed by atoms with Gasteiger partial charge in [0.25, 0.3) is 5.91 Å². The third-order valence-corrected chi connectivity index (χ3v) is 9.10. The fraction of sp³-hybridized carbons (Fsp3) is 0.464. The standard InChI is InChI=1S/C28H32ClF3N2O5S2/c1-39-25(36)23(34-26(40)27(13-5-14-27)12-3-4-15-41(2,37)38)16-18-6-9-20(10-7-18)33-24(35)21-17-19(28(30,31)32)8-11-22(21)29/h6-11,17,23H,3-5,12-16H2,1-2H3,(H,33,35)(H,34,40)/t23-/m0/s1. The number of nitrogens with one attached hydrogen (secondary N) is 2. The average molecular weight is 633 g/mol. The molecule has 1 amide bonds. The summed E-state index contributed by atoms with van der Waals surface area (Å²) in [5.74, 6) is -1.18. The second-order valence-corrected chi connectivity index (χ2v) is 13.4. The highest BCUT2D eigenvalue weighted by Crippen LogP contribution is 2.46. The summed E-state index contributed by atoms with van der Waals surface area (Å²) in [6.45, 7) is 0. The first-order valence-corrected chi connectivity index (χ1v) is 15.8. The minimum Gasteiger partial charge on any atom is -0.467 e. The van der Waals surface area contributed by atoms with Gasteiger partial charge in [0.15, 0.2) is 0 Å². The molecule has 1 fully saturated rings. The van der Waals surface area contributed by atoms with Crippen LogP contribution in [0.25, 0.3) is 0 Å². The van der Waals surface area contributed by atoms with Crippen LogP contribution in [0, 0.1) is 5.41 Å². The predicted octanol–water partition coefficient (Wildman–Crippen LogP) is 6.00. The number of anilines is 1. The average Bonchev–Trinajstić information content (AvgIpc) is 2.86. The van der Waals surface area contributed by atoms with Gasteiger partial charge >= 0.3 is 12.1 Å². The van der Waals surface area contributed by atoms with Gasteiger partial charge in [-0.25, -0.2) is 13.2 Å². The van der Waals surface area contributed by atoms with Crippen LogP contribution in [-0.4, -0.2) is 50.4 Å². The molecule has 0 unspecified atom stereocenters. The molecule has 1 atom stereocenters. The van der Waals surface area contributed by atoms with Crippen molar-refractivity contribution in [2.24, 2.45) is 5.41 Å². The number of carbonyl (C=O) groups excluding carboxylic acids is 2. The van der Waals surface area contributed by atoms with Crippen LogP contribution in [0.2, 0.25) is 5.02 Å². The van der Waals surface area contributed by atoms with Crippen LogP contribution < -0.4 is 10.6 Å². The Hall–Kier alpha value is -2.70. The summed E-state index contributed by atoms with van der Waals surface area (Å²) in [6, 6.07) is 8.23. The first kappa shape index (κ1) is 32.8. The number of hydrogen-bond donors (Lipinski definition) is 2. The maximum Gasteiger partial charge on any atom is 0.416 e. The highest BCUT2D eigenvalue weighted by Gasteiger charge is 2.41. The van der Waals surface area contributed by atoms with Gasteiger partial charge in [0.05, 0.1) is 28.2 Å². The van der Waals surface area contributed by atoms with Gasteiger partial charge in [0.2, 0.25) is 0 Å². The third-order valence-electron chi connectivity index (χ3n) is 7.19. The Bertz CT molecular complexity index is 1380. The molecule has 0 aliphatic heterocycles. The number of esters is 1. The number of carbonyl (C=O) groups is 2. The quantitative estimate of drug-likeness (QED) is 0.168. The lowest BCUT2D eigenvalue weighted by Crippen LogP contribution is -2.51. The van der Waals surface area contributed by atoms with E-state index in [9.17, 15) is 31.2 Å². The molecule has 13 heteroatoms. The maximum absolute atomic E-state index is 13.1. The molecule has 1 saturated carbocycles. The van der Waals surface area contributed by atoms with Gasteiger partial charge in [0, 0.05) is 29.5 Å². The van der Waals surface area contributed by atoms with Crippen molar-refractivity contribution in [3.8, 4) is 0 Å². The molecule has 7 nitrogen and oxygen atoms in total. The van der Waals surface area contributed by atoms with E-state index < -0.39 is 39.5 Å². The number of thiocarbonyl (C=S) groups is 1. The highest BCUT2D eigenvalue weighted by molar-refractivity contribution is 7.90. The molecule has 0 spiro atoms. The smallest absolute Gasteiger partial charge is 0.416 e. The lowest BCUT2D eigenvalue weighted by Gasteiger charge is -2.43. The van der Waals surface area contributed by atoms with E-state index in [-0.39, 0.29) is 28.2 Å². The fourth-order valence-electron chi connectivity index (χ4n) is 4.70. The number of amides is 1. The van der Waals surface area contributed by atoms with E-state index in [1.807, 2.05) is 0 Å². The normalized spacial score (nSPS) is 15.4. The molecule has 3 rings (SSSR count). The molecular formula is C28H32ClF3N2O5S2. The van der Waals surface area contributed by atoms with Crippen molar-refractivity contribution in [1.82, 2.24) is 5.32 Å². The van der Waals surface area contributed by atoms with Crippen LogP contribution in [0.5, 0.6) is 0 Å². The van der Waals surface area contributed by atoms with Crippen molar-refractivity contribution < 1.29 is 35.9 Å². The first-order valence-electron chi connectivity index (χ1n) is 13.0. The molecule has 0 bridgehead atoms. The number of benzene rings is 2. The summed E-state index contributed by atoms with van der Waals surface area (Å²) in [6.07, 6.45) is 1.51. The zero-order valence-electron chi connectivity index (χ0n) is 22.6. The maximum atomic E-state index is 13.1. The molecule has 1 aliphatic rings. The summed E-state index contributed by atoms with van der Waals surface area (Å²) < 4.78 is 67.0. The minimum atomic E-state index is -4.62.